The second-order valence-corrected chi connectivity index (χ2v) is 4.25. The number of hydrogen-bond acceptors (Lipinski definition) is 8. The van der Waals surface area contributed by atoms with Crippen molar-refractivity contribution in [1.29, 1.82) is 0 Å². The van der Waals surface area contributed by atoms with E-state index in [-0.39, 0.29) is 23.4 Å². The third kappa shape index (κ3) is 2.68. The summed E-state index contributed by atoms with van der Waals surface area (Å²) >= 11 is 1.01. The van der Waals surface area contributed by atoms with Crippen LogP contribution in [0.2, 0.25) is 0 Å². The van der Waals surface area contributed by atoms with Crippen molar-refractivity contribution < 1.29 is 13.7 Å². The van der Waals surface area contributed by atoms with Crippen molar-refractivity contribution in [2.24, 2.45) is 5.73 Å². The van der Waals surface area contributed by atoms with Gasteiger partial charge in [-0.3, -0.25) is 9.59 Å². The lowest BCUT2D eigenvalue weighted by molar-refractivity contribution is 0.0813. The lowest BCUT2D eigenvalue weighted by Crippen LogP contribution is -2.23. The number of aryl methyl sites for hydroxylation is 1. The van der Waals surface area contributed by atoms with Crippen LogP contribution in [0.25, 0.3) is 0 Å². The number of hydrogen-bond donors (Lipinski definition) is 1. The molecule has 2 aromatic rings. The molecule has 2 aromatic heterocycles. The largest absolute Gasteiger partial charge is 0.415 e. The van der Waals surface area contributed by atoms with Crippen LogP contribution >= 0.6 is 11.8 Å². The van der Waals surface area contributed by atoms with Crippen LogP contribution in [0.15, 0.2) is 25.0 Å². The number of carbonyl (C=O) groups is 1. The van der Waals surface area contributed by atoms with Crippen LogP contribution < -0.4 is 11.3 Å². The van der Waals surface area contributed by atoms with Gasteiger partial charge in [-0.15, -0.1) is 14.9 Å². The maximum atomic E-state index is 11.7. The lowest BCUT2D eigenvalue weighted by atomic mass is 10.5. The Morgan fingerprint density at radius 1 is 1.56 bits per heavy atom. The molecule has 0 bridgehead atoms. The van der Waals surface area contributed by atoms with E-state index in [9.17, 15) is 9.59 Å². The van der Waals surface area contributed by atoms with Gasteiger partial charge >= 0.3 is 0 Å². The number of nitrogens with zero attached hydrogens (tertiary/aromatic N) is 3. The van der Waals surface area contributed by atoms with Crippen molar-refractivity contribution >= 4 is 17.7 Å². The van der Waals surface area contributed by atoms with E-state index in [0.717, 1.165) is 11.8 Å². The molecule has 0 spiro atoms. The zero-order chi connectivity index (χ0) is 13.1. The van der Waals surface area contributed by atoms with Gasteiger partial charge in [0.05, 0.1) is 12.3 Å². The molecule has 0 aliphatic heterocycles. The first-order chi connectivity index (χ1) is 8.60. The molecule has 2 N–H and O–H groups in total. The van der Waals surface area contributed by atoms with Crippen LogP contribution in [-0.4, -0.2) is 26.6 Å². The first-order valence-corrected chi connectivity index (χ1v) is 5.97. The third-order valence-electron chi connectivity index (χ3n) is 1.93. The normalized spacial score (nSPS) is 10.8. The van der Waals surface area contributed by atoms with Gasteiger partial charge in [-0.2, -0.15) is 0 Å². The zero-order valence-electron chi connectivity index (χ0n) is 9.45. The van der Waals surface area contributed by atoms with Crippen LogP contribution in [0.1, 0.15) is 16.4 Å². The van der Waals surface area contributed by atoms with Gasteiger partial charge in [0.1, 0.15) is 5.76 Å². The average Bonchev–Trinajstić information content (AvgIpc) is 2.92. The van der Waals surface area contributed by atoms with Crippen molar-refractivity contribution in [3.63, 3.8) is 0 Å². The monoisotopic (exact) mass is 270 g/mol. The highest BCUT2D eigenvalue weighted by molar-refractivity contribution is 7.99. The fourth-order valence-corrected chi connectivity index (χ4v) is 1.80. The minimum absolute atomic E-state index is 0.0426. The summed E-state index contributed by atoms with van der Waals surface area (Å²) in [5.74, 6) is 0.127. The molecule has 2 rings (SSSR count). The molecule has 8 nitrogen and oxygen atoms in total. The van der Waals surface area contributed by atoms with Gasteiger partial charge in [-0.05, 0) is 6.92 Å². The molecule has 9 heteroatoms. The topological polar surface area (TPSA) is 117 Å². The Morgan fingerprint density at radius 3 is 2.89 bits per heavy atom. The number of aromatic nitrogens is 3. The van der Waals surface area contributed by atoms with Gasteiger partial charge in [0.2, 0.25) is 5.89 Å². The summed E-state index contributed by atoms with van der Waals surface area (Å²) < 4.78 is 10.7. The van der Waals surface area contributed by atoms with Crippen LogP contribution in [0.5, 0.6) is 0 Å². The van der Waals surface area contributed by atoms with Gasteiger partial charge in [0, 0.05) is 6.07 Å². The molecule has 2 heterocycles. The zero-order valence-corrected chi connectivity index (χ0v) is 10.3. The molecule has 0 saturated carbocycles. The van der Waals surface area contributed by atoms with Crippen molar-refractivity contribution in [2.45, 2.75) is 18.7 Å². The summed E-state index contributed by atoms with van der Waals surface area (Å²) in [6.45, 7) is 1.72. The maximum Gasteiger partial charge on any atom is 0.290 e. The molecule has 0 aromatic carbocycles. The summed E-state index contributed by atoms with van der Waals surface area (Å²) in [7, 11) is 0. The minimum Gasteiger partial charge on any atom is -0.415 e. The molecule has 0 radical (unpaired) electrons. The van der Waals surface area contributed by atoms with Crippen LogP contribution in [0.3, 0.4) is 0 Å². The van der Waals surface area contributed by atoms with E-state index in [1.807, 2.05) is 0 Å². The standard InChI is InChI=1S/C9H10N4O4S/c1-5-2-7(14)13(17-5)8(15)4-18-9-12-11-6(3-10)16-9/h2H,3-4,10H2,1H3. The number of thioether (sulfide) groups is 1. The number of rotatable bonds is 4. The molecule has 0 atom stereocenters. The van der Waals surface area contributed by atoms with Crippen LogP contribution in [-0.2, 0) is 6.54 Å². The summed E-state index contributed by atoms with van der Waals surface area (Å²) in [4.78, 5) is 23.0. The quantitative estimate of drug-likeness (QED) is 0.773. The second-order valence-electron chi connectivity index (χ2n) is 3.33. The molecular formula is C9H10N4O4S. The Kier molecular flexibility index (Phi) is 3.63. The summed E-state index contributed by atoms with van der Waals surface area (Å²) in [5, 5.41) is 7.54. The Balaban J connectivity index is 2.00. The van der Waals surface area contributed by atoms with E-state index < -0.39 is 11.5 Å². The van der Waals surface area contributed by atoms with Gasteiger partial charge in [0.15, 0.2) is 0 Å². The highest BCUT2D eigenvalue weighted by Gasteiger charge is 2.14. The van der Waals surface area contributed by atoms with E-state index in [4.69, 9.17) is 14.7 Å². The van der Waals surface area contributed by atoms with E-state index in [1.54, 1.807) is 6.92 Å². The smallest absolute Gasteiger partial charge is 0.290 e. The third-order valence-corrected chi connectivity index (χ3v) is 2.73. The van der Waals surface area contributed by atoms with E-state index in [0.29, 0.717) is 10.5 Å². The maximum absolute atomic E-state index is 11.7. The fourth-order valence-electron chi connectivity index (χ4n) is 1.18. The Morgan fingerprint density at radius 2 is 2.33 bits per heavy atom. The molecule has 0 amide bonds. The molecule has 0 fully saturated rings. The molecular weight excluding hydrogens is 260 g/mol. The Hall–Kier alpha value is -1.87. The minimum atomic E-state index is -0.495. The highest BCUT2D eigenvalue weighted by Crippen LogP contribution is 2.15. The van der Waals surface area contributed by atoms with Crippen molar-refractivity contribution in [2.75, 3.05) is 5.75 Å². The van der Waals surface area contributed by atoms with Gasteiger partial charge in [-0.25, -0.2) is 0 Å². The molecule has 0 saturated heterocycles. The fraction of sp³-hybridized carbons (Fsp3) is 0.333. The average molecular weight is 270 g/mol. The number of nitrogens with two attached hydrogens (primary N) is 1. The van der Waals surface area contributed by atoms with E-state index in [1.165, 1.54) is 6.07 Å². The van der Waals surface area contributed by atoms with E-state index >= 15 is 0 Å². The van der Waals surface area contributed by atoms with Crippen LogP contribution in [0, 0.1) is 6.92 Å². The molecule has 0 unspecified atom stereocenters. The summed E-state index contributed by atoms with van der Waals surface area (Å²) in [5.41, 5.74) is 4.81. The van der Waals surface area contributed by atoms with Gasteiger partial charge in [-0.1, -0.05) is 11.8 Å². The molecule has 18 heavy (non-hydrogen) atoms. The summed E-state index contributed by atoms with van der Waals surface area (Å²) in [6.07, 6.45) is 0. The van der Waals surface area contributed by atoms with E-state index in [2.05, 4.69) is 10.2 Å². The van der Waals surface area contributed by atoms with Crippen LogP contribution in [0.4, 0.5) is 0 Å². The predicted octanol–water partition coefficient (Wildman–Crippen LogP) is 0.0239. The van der Waals surface area contributed by atoms with Gasteiger partial charge < -0.3 is 14.7 Å². The first-order valence-electron chi connectivity index (χ1n) is 4.98. The van der Waals surface area contributed by atoms with Crippen molar-refractivity contribution in [3.8, 4) is 0 Å². The predicted molar refractivity (Wildman–Crippen MR) is 61.2 cm³/mol. The molecule has 0 aliphatic carbocycles. The Labute approximate surface area is 105 Å². The SMILES string of the molecule is Cc1cc(=O)n(C(=O)CSc2nnc(CN)o2)o1. The summed E-state index contributed by atoms with van der Waals surface area (Å²) in [6, 6.07) is 1.24. The molecule has 0 aliphatic rings. The highest BCUT2D eigenvalue weighted by atomic mass is 32.2. The Bertz CT molecular complexity index is 614. The lowest BCUT2D eigenvalue weighted by Gasteiger charge is -1.96. The second kappa shape index (κ2) is 5.19. The molecule has 96 valence electrons. The van der Waals surface area contributed by atoms with Gasteiger partial charge in [0.25, 0.3) is 16.7 Å². The van der Waals surface area contributed by atoms with Crippen molar-refractivity contribution in [3.05, 3.63) is 28.1 Å². The van der Waals surface area contributed by atoms with Crippen molar-refractivity contribution in [1.82, 2.24) is 14.9 Å². The first kappa shape index (κ1) is 12.6. The number of carbonyl (C=O) groups excluding carboxylic acids is 1.